The summed E-state index contributed by atoms with van der Waals surface area (Å²) in [5.41, 5.74) is 6.60. The van der Waals surface area contributed by atoms with Crippen LogP contribution in [0.3, 0.4) is 0 Å². The molecule has 0 aliphatic carbocycles. The molecule has 1 atom stereocenters. The fraction of sp³-hybridized carbons (Fsp3) is 0.500. The van der Waals surface area contributed by atoms with Crippen molar-refractivity contribution in [1.82, 2.24) is 20.4 Å². The van der Waals surface area contributed by atoms with Crippen molar-refractivity contribution in [2.24, 2.45) is 0 Å². The summed E-state index contributed by atoms with van der Waals surface area (Å²) in [7, 11) is 0. The number of likely N-dealkylation sites (tertiary alicyclic amines) is 1. The summed E-state index contributed by atoms with van der Waals surface area (Å²) in [4.78, 5) is 20.0. The zero-order chi connectivity index (χ0) is 32.4. The molecule has 0 bridgehead atoms. The number of halogens is 1. The van der Waals surface area contributed by atoms with Gasteiger partial charge in [-0.15, -0.1) is 0 Å². The Hall–Kier alpha value is -2.90. The Kier molecular flexibility index (Phi) is 16.5. The summed E-state index contributed by atoms with van der Waals surface area (Å²) in [5, 5.41) is 7.24. The largest absolute Gasteiger partial charge is 0.369 e. The Balaban J connectivity index is 0.000000475. The molecule has 1 unspecified atom stereocenters. The molecule has 2 heterocycles. The van der Waals surface area contributed by atoms with Crippen LogP contribution >= 0.6 is 11.6 Å². The third-order valence-electron chi connectivity index (χ3n) is 8.36. The number of anilines is 1. The maximum atomic E-state index is 12.4. The van der Waals surface area contributed by atoms with Crippen LogP contribution in [0.25, 0.3) is 0 Å². The minimum Gasteiger partial charge on any atom is -0.369 e. The van der Waals surface area contributed by atoms with E-state index in [2.05, 4.69) is 75.6 Å². The van der Waals surface area contributed by atoms with Gasteiger partial charge in [-0.25, -0.2) is 0 Å². The molecule has 7 heteroatoms. The second-order valence-corrected chi connectivity index (χ2v) is 12.5. The van der Waals surface area contributed by atoms with Gasteiger partial charge >= 0.3 is 0 Å². The molecule has 0 radical (unpaired) electrons. The van der Waals surface area contributed by atoms with E-state index in [9.17, 15) is 4.79 Å². The predicted octanol–water partition coefficient (Wildman–Crippen LogP) is 7.07. The Morgan fingerprint density at radius 2 is 1.40 bits per heavy atom. The first-order chi connectivity index (χ1) is 21.9. The number of carbonyl (C=O) groups is 1. The highest BCUT2D eigenvalue weighted by Gasteiger charge is 2.22. The van der Waals surface area contributed by atoms with Crippen LogP contribution in [0.2, 0.25) is 5.02 Å². The number of aryl methyl sites for hydroxylation is 2. The molecule has 5 rings (SSSR count). The van der Waals surface area contributed by atoms with Crippen LogP contribution in [0, 0.1) is 13.8 Å². The molecule has 2 aliphatic rings. The third-order valence-corrected chi connectivity index (χ3v) is 8.61. The van der Waals surface area contributed by atoms with Crippen LogP contribution in [-0.4, -0.2) is 74.1 Å². The van der Waals surface area contributed by atoms with Crippen molar-refractivity contribution in [3.05, 3.63) is 100 Å². The lowest BCUT2D eigenvalue weighted by Crippen LogP contribution is -2.51. The highest BCUT2D eigenvalue weighted by molar-refractivity contribution is 6.30. The molecule has 45 heavy (non-hydrogen) atoms. The fourth-order valence-electron chi connectivity index (χ4n) is 5.89. The van der Waals surface area contributed by atoms with Gasteiger partial charge in [-0.2, -0.15) is 0 Å². The zero-order valence-corrected chi connectivity index (χ0v) is 29.1. The first-order valence-electron chi connectivity index (χ1n) is 16.9. The number of nitrogens with one attached hydrogen (secondary N) is 2. The van der Waals surface area contributed by atoms with Gasteiger partial charge in [-0.1, -0.05) is 92.0 Å². The number of para-hydroxylation sites is 1. The quantitative estimate of drug-likeness (QED) is 0.250. The van der Waals surface area contributed by atoms with Crippen LogP contribution in [0.1, 0.15) is 62.3 Å². The van der Waals surface area contributed by atoms with Gasteiger partial charge in [0.25, 0.3) is 0 Å². The molecule has 2 N–H and O–H groups in total. The maximum Gasteiger partial charge on any atom is 0.234 e. The van der Waals surface area contributed by atoms with Crippen molar-refractivity contribution in [3.8, 4) is 0 Å². The van der Waals surface area contributed by atoms with E-state index in [4.69, 9.17) is 11.6 Å². The van der Waals surface area contributed by atoms with Crippen molar-refractivity contribution in [3.63, 3.8) is 0 Å². The highest BCUT2D eigenvalue weighted by atomic mass is 35.5. The van der Waals surface area contributed by atoms with E-state index in [-0.39, 0.29) is 11.9 Å². The van der Waals surface area contributed by atoms with Crippen LogP contribution in [-0.2, 0) is 17.9 Å². The lowest BCUT2D eigenvalue weighted by Gasteiger charge is -2.38. The van der Waals surface area contributed by atoms with Gasteiger partial charge in [0.05, 0.1) is 6.54 Å². The zero-order valence-electron chi connectivity index (χ0n) is 28.3. The smallest absolute Gasteiger partial charge is 0.234 e. The number of piperidine rings is 1. The molecule has 246 valence electrons. The molecule has 3 aromatic carbocycles. The summed E-state index contributed by atoms with van der Waals surface area (Å²) in [6.45, 7) is 19.9. The number of amides is 1. The topological polar surface area (TPSA) is 50.9 Å². The van der Waals surface area contributed by atoms with Gasteiger partial charge < -0.3 is 15.5 Å². The van der Waals surface area contributed by atoms with Crippen molar-refractivity contribution in [2.45, 2.75) is 73.0 Å². The van der Waals surface area contributed by atoms with E-state index in [0.29, 0.717) is 6.54 Å². The molecule has 0 saturated carbocycles. The van der Waals surface area contributed by atoms with E-state index in [1.54, 1.807) is 0 Å². The lowest BCUT2D eigenvalue weighted by atomic mass is 10.1. The Bertz CT molecular complexity index is 1230. The number of rotatable bonds is 10. The molecule has 2 saturated heterocycles. The fourth-order valence-corrected chi connectivity index (χ4v) is 6.02. The Morgan fingerprint density at radius 3 is 2.04 bits per heavy atom. The first-order valence-corrected chi connectivity index (χ1v) is 17.3. The Morgan fingerprint density at radius 1 is 0.778 bits per heavy atom. The third kappa shape index (κ3) is 13.2. The molecule has 2 fully saturated rings. The second kappa shape index (κ2) is 20.3. The van der Waals surface area contributed by atoms with Crippen LogP contribution < -0.4 is 15.5 Å². The minimum absolute atomic E-state index is 0.0661. The van der Waals surface area contributed by atoms with Crippen LogP contribution in [0.15, 0.2) is 72.8 Å². The summed E-state index contributed by atoms with van der Waals surface area (Å²) >= 11 is 5.61. The number of hydrogen-bond acceptors (Lipinski definition) is 5. The molecule has 6 nitrogen and oxygen atoms in total. The summed E-state index contributed by atoms with van der Waals surface area (Å²) in [5.74, 6) is 0.0661. The number of nitrogens with zero attached hydrogens (tertiary/aromatic N) is 3. The van der Waals surface area contributed by atoms with E-state index >= 15 is 0 Å². The number of hydrogen-bond donors (Lipinski definition) is 2. The molecule has 0 aromatic heterocycles. The first kappa shape index (κ1) is 36.6. The van der Waals surface area contributed by atoms with Crippen molar-refractivity contribution in [2.75, 3.05) is 57.3 Å². The monoisotopic (exact) mass is 633 g/mol. The molecular formula is C38H56ClN5O. The van der Waals surface area contributed by atoms with Crippen LogP contribution in [0.4, 0.5) is 5.69 Å². The molecular weight excluding hydrogens is 578 g/mol. The van der Waals surface area contributed by atoms with Gasteiger partial charge in [0.2, 0.25) is 5.91 Å². The summed E-state index contributed by atoms with van der Waals surface area (Å²) in [6.07, 6.45) is 4.04. The molecule has 1 amide bonds. The van der Waals surface area contributed by atoms with Crippen molar-refractivity contribution >= 4 is 23.2 Å². The average molecular weight is 634 g/mol. The van der Waals surface area contributed by atoms with Gasteiger partial charge in [-0.3, -0.25) is 14.6 Å². The summed E-state index contributed by atoms with van der Waals surface area (Å²) in [6, 6.07) is 25.1. The maximum absolute atomic E-state index is 12.4. The average Bonchev–Trinajstić information content (AvgIpc) is 3.06. The second-order valence-electron chi connectivity index (χ2n) is 12.0. The standard InChI is InChI=1S/C29H43N5O.C7H7Cl.C2H6/c1-24-10-4-5-11-26(24)20-30-21-29(35)31-25(2)22-33-16-18-34(19-17-33)28-13-7-6-12-27(28)23-32-14-8-3-9-15-32;1-6-2-4-7(8)5-3-6;1-2/h4-7,10-13,25,30H,3,8-9,14-23H2,1-2H3,(H,31,35);2-5H,1H3;1-2H3. The Labute approximate surface area is 278 Å². The number of piperazine rings is 1. The number of benzene rings is 3. The molecule has 2 aliphatic heterocycles. The van der Waals surface area contributed by atoms with Gasteiger partial charge in [0.1, 0.15) is 0 Å². The van der Waals surface area contributed by atoms with Crippen molar-refractivity contribution < 1.29 is 4.79 Å². The lowest BCUT2D eigenvalue weighted by molar-refractivity contribution is -0.121. The number of carbonyl (C=O) groups excluding carboxylic acids is 1. The van der Waals surface area contributed by atoms with Crippen LogP contribution in [0.5, 0.6) is 0 Å². The van der Waals surface area contributed by atoms with Gasteiger partial charge in [0.15, 0.2) is 0 Å². The van der Waals surface area contributed by atoms with Gasteiger partial charge in [-0.05, 0) is 81.6 Å². The van der Waals surface area contributed by atoms with Crippen molar-refractivity contribution in [1.29, 1.82) is 0 Å². The SMILES string of the molecule is CC.Cc1ccc(Cl)cc1.Cc1ccccc1CNCC(=O)NC(C)CN1CCN(c2ccccc2CN2CCCCC2)CC1. The highest BCUT2D eigenvalue weighted by Crippen LogP contribution is 2.24. The van der Waals surface area contributed by atoms with Gasteiger partial charge in [0, 0.05) is 62.6 Å². The molecule has 0 spiro atoms. The van der Waals surface area contributed by atoms with E-state index in [1.165, 1.54) is 60.3 Å². The minimum atomic E-state index is 0.0661. The summed E-state index contributed by atoms with van der Waals surface area (Å²) < 4.78 is 0. The van der Waals surface area contributed by atoms with E-state index in [1.807, 2.05) is 57.2 Å². The van der Waals surface area contributed by atoms with E-state index in [0.717, 1.165) is 50.8 Å². The predicted molar refractivity (Wildman–Crippen MR) is 192 cm³/mol. The van der Waals surface area contributed by atoms with E-state index < -0.39 is 0 Å². The normalized spacial score (nSPS) is 16.1. The molecule has 3 aromatic rings.